The summed E-state index contributed by atoms with van der Waals surface area (Å²) in [5, 5.41) is 7.74. The number of hydrogen-bond acceptors (Lipinski definition) is 4. The molecule has 2 aromatic rings. The highest BCUT2D eigenvalue weighted by molar-refractivity contribution is 5.96. The fourth-order valence-electron chi connectivity index (χ4n) is 2.42. The van der Waals surface area contributed by atoms with E-state index in [2.05, 4.69) is 10.3 Å². The number of amides is 1. The maximum atomic E-state index is 13.6. The molecule has 1 amide bonds. The van der Waals surface area contributed by atoms with Crippen LogP contribution in [0.5, 0.6) is 0 Å². The fourth-order valence-corrected chi connectivity index (χ4v) is 2.42. The average molecular weight is 289 g/mol. The van der Waals surface area contributed by atoms with Crippen LogP contribution in [0, 0.1) is 12.7 Å². The molecule has 6 nitrogen and oxygen atoms in total. The Balaban J connectivity index is 1.94. The summed E-state index contributed by atoms with van der Waals surface area (Å²) >= 11 is 0. The summed E-state index contributed by atoms with van der Waals surface area (Å²) in [6.07, 6.45) is 1.98. The summed E-state index contributed by atoms with van der Waals surface area (Å²) in [6.45, 7) is 3.10. The topological polar surface area (TPSA) is 77.0 Å². The summed E-state index contributed by atoms with van der Waals surface area (Å²) in [4.78, 5) is 14.0. The molecule has 3 rings (SSSR count). The van der Waals surface area contributed by atoms with Crippen LogP contribution in [0.3, 0.4) is 0 Å². The van der Waals surface area contributed by atoms with E-state index >= 15 is 0 Å². The van der Waals surface area contributed by atoms with Gasteiger partial charge < -0.3 is 10.6 Å². The van der Waals surface area contributed by atoms with E-state index in [0.29, 0.717) is 24.3 Å². The molecule has 7 heteroatoms. The van der Waals surface area contributed by atoms with Crippen molar-refractivity contribution >= 4 is 11.7 Å². The van der Waals surface area contributed by atoms with Crippen molar-refractivity contribution in [1.82, 2.24) is 19.9 Å². The Kier molecular flexibility index (Phi) is 3.32. The molecule has 0 spiro atoms. The first-order chi connectivity index (χ1) is 10.1. The van der Waals surface area contributed by atoms with Crippen molar-refractivity contribution in [1.29, 1.82) is 0 Å². The minimum absolute atomic E-state index is 0.123. The van der Waals surface area contributed by atoms with Crippen molar-refractivity contribution in [2.24, 2.45) is 0 Å². The van der Waals surface area contributed by atoms with Gasteiger partial charge in [-0.15, -0.1) is 5.10 Å². The van der Waals surface area contributed by atoms with Crippen LogP contribution < -0.4 is 5.73 Å². The van der Waals surface area contributed by atoms with Gasteiger partial charge in [-0.2, -0.15) is 4.68 Å². The number of carbonyl (C=O) groups is 1. The minimum Gasteiger partial charge on any atom is -0.382 e. The van der Waals surface area contributed by atoms with E-state index in [1.54, 1.807) is 24.0 Å². The van der Waals surface area contributed by atoms with Gasteiger partial charge in [0.15, 0.2) is 11.5 Å². The smallest absolute Gasteiger partial charge is 0.278 e. The summed E-state index contributed by atoms with van der Waals surface area (Å²) in [7, 11) is 0. The molecule has 110 valence electrons. The van der Waals surface area contributed by atoms with Crippen LogP contribution in [-0.2, 0) is 0 Å². The van der Waals surface area contributed by atoms with E-state index < -0.39 is 0 Å². The van der Waals surface area contributed by atoms with Gasteiger partial charge in [-0.25, -0.2) is 4.39 Å². The van der Waals surface area contributed by atoms with Gasteiger partial charge in [0.2, 0.25) is 0 Å². The van der Waals surface area contributed by atoms with E-state index in [4.69, 9.17) is 5.73 Å². The molecule has 0 saturated carbocycles. The maximum Gasteiger partial charge on any atom is 0.278 e. The van der Waals surface area contributed by atoms with Gasteiger partial charge in [-0.3, -0.25) is 4.79 Å². The molecule has 0 aliphatic carbocycles. The zero-order chi connectivity index (χ0) is 15.0. The molecule has 1 aromatic heterocycles. The molecule has 1 aromatic carbocycles. The third-order valence-corrected chi connectivity index (χ3v) is 3.70. The first kappa shape index (κ1) is 13.5. The number of aromatic nitrogens is 3. The van der Waals surface area contributed by atoms with Gasteiger partial charge in [-0.1, -0.05) is 11.3 Å². The number of halogens is 1. The lowest BCUT2D eigenvalue weighted by Gasteiger charge is -2.13. The lowest BCUT2D eigenvalue weighted by atomic mass is 10.2. The first-order valence-electron chi connectivity index (χ1n) is 6.85. The molecule has 21 heavy (non-hydrogen) atoms. The molecule has 0 bridgehead atoms. The van der Waals surface area contributed by atoms with Gasteiger partial charge in [0.25, 0.3) is 5.91 Å². The number of nitrogens with two attached hydrogens (primary N) is 1. The number of nitrogens with zero attached hydrogens (tertiary/aromatic N) is 4. The maximum absolute atomic E-state index is 13.6. The highest BCUT2D eigenvalue weighted by Crippen LogP contribution is 2.20. The zero-order valence-corrected chi connectivity index (χ0v) is 11.7. The number of nitrogen functional groups attached to an aromatic ring is 1. The van der Waals surface area contributed by atoms with Crippen molar-refractivity contribution in [3.8, 4) is 5.69 Å². The van der Waals surface area contributed by atoms with Gasteiger partial charge in [0, 0.05) is 13.1 Å². The quantitative estimate of drug-likeness (QED) is 0.909. The molecule has 1 fully saturated rings. The molecule has 1 aliphatic rings. The Hall–Kier alpha value is -2.44. The predicted molar refractivity (Wildman–Crippen MR) is 75.6 cm³/mol. The highest BCUT2D eigenvalue weighted by Gasteiger charge is 2.25. The monoisotopic (exact) mass is 289 g/mol. The van der Waals surface area contributed by atoms with Gasteiger partial charge >= 0.3 is 0 Å². The van der Waals surface area contributed by atoms with Gasteiger partial charge in [-0.05, 0) is 37.5 Å². The van der Waals surface area contributed by atoms with Crippen LogP contribution in [0.1, 0.15) is 28.9 Å². The van der Waals surface area contributed by atoms with Crippen molar-refractivity contribution in [2.45, 2.75) is 19.8 Å². The third-order valence-electron chi connectivity index (χ3n) is 3.70. The predicted octanol–water partition coefficient (Wildman–Crippen LogP) is 1.53. The van der Waals surface area contributed by atoms with Crippen LogP contribution in [0.25, 0.3) is 5.69 Å². The van der Waals surface area contributed by atoms with E-state index in [9.17, 15) is 9.18 Å². The molecule has 1 saturated heterocycles. The van der Waals surface area contributed by atoms with Crippen LogP contribution >= 0.6 is 0 Å². The summed E-state index contributed by atoms with van der Waals surface area (Å²) in [6, 6.07) is 4.64. The first-order valence-corrected chi connectivity index (χ1v) is 6.85. The number of rotatable bonds is 2. The van der Waals surface area contributed by atoms with Gasteiger partial charge in [0.05, 0.1) is 5.69 Å². The second kappa shape index (κ2) is 5.16. The molecule has 2 N–H and O–H groups in total. The van der Waals surface area contributed by atoms with Crippen LogP contribution in [-0.4, -0.2) is 38.9 Å². The van der Waals surface area contributed by atoms with Crippen molar-refractivity contribution in [3.05, 3.63) is 35.3 Å². The van der Waals surface area contributed by atoms with E-state index in [-0.39, 0.29) is 23.2 Å². The lowest BCUT2D eigenvalue weighted by Crippen LogP contribution is -2.28. The normalized spacial score (nSPS) is 14.7. The van der Waals surface area contributed by atoms with E-state index in [0.717, 1.165) is 12.8 Å². The number of hydrogen-bond donors (Lipinski definition) is 1. The Bertz CT molecular complexity index is 691. The van der Waals surface area contributed by atoms with E-state index in [1.807, 2.05) is 0 Å². The van der Waals surface area contributed by atoms with Gasteiger partial charge in [0.1, 0.15) is 5.82 Å². The Labute approximate surface area is 121 Å². The second-order valence-electron chi connectivity index (χ2n) is 5.17. The largest absolute Gasteiger partial charge is 0.382 e. The average Bonchev–Trinajstić information content (AvgIpc) is 3.11. The Morgan fingerprint density at radius 1 is 1.33 bits per heavy atom. The van der Waals surface area contributed by atoms with Crippen molar-refractivity contribution in [2.75, 3.05) is 18.8 Å². The number of likely N-dealkylation sites (tertiary alicyclic amines) is 1. The minimum atomic E-state index is -0.352. The molecule has 0 atom stereocenters. The van der Waals surface area contributed by atoms with Crippen LogP contribution in [0.4, 0.5) is 10.2 Å². The summed E-state index contributed by atoms with van der Waals surface area (Å²) < 4.78 is 14.9. The molecule has 0 radical (unpaired) electrons. The second-order valence-corrected chi connectivity index (χ2v) is 5.17. The standard InChI is InChI=1S/C14H16FN5O/c1-9-4-5-10(8-11(9)15)20-13(16)12(17-18-20)14(21)19-6-2-3-7-19/h4-5,8H,2-3,6-7,16H2,1H3. The highest BCUT2D eigenvalue weighted by atomic mass is 19.1. The van der Waals surface area contributed by atoms with E-state index in [1.165, 1.54) is 10.7 Å². The number of carbonyl (C=O) groups excluding carboxylic acids is 1. The molecular formula is C14H16FN5O. The lowest BCUT2D eigenvalue weighted by molar-refractivity contribution is 0.0788. The Morgan fingerprint density at radius 2 is 2.05 bits per heavy atom. The Morgan fingerprint density at radius 3 is 2.71 bits per heavy atom. The molecule has 0 unspecified atom stereocenters. The summed E-state index contributed by atoms with van der Waals surface area (Å²) in [5.74, 6) is -0.436. The van der Waals surface area contributed by atoms with Crippen LogP contribution in [0.15, 0.2) is 18.2 Å². The third kappa shape index (κ3) is 2.35. The van der Waals surface area contributed by atoms with Crippen molar-refractivity contribution < 1.29 is 9.18 Å². The molecular weight excluding hydrogens is 273 g/mol. The number of benzene rings is 1. The molecule has 2 heterocycles. The summed E-state index contributed by atoms with van der Waals surface area (Å²) in [5.41, 5.74) is 7.06. The fraction of sp³-hybridized carbons (Fsp3) is 0.357. The zero-order valence-electron chi connectivity index (χ0n) is 11.7. The van der Waals surface area contributed by atoms with Crippen LogP contribution in [0.2, 0.25) is 0 Å². The molecule has 1 aliphatic heterocycles. The number of aryl methyl sites for hydroxylation is 1. The van der Waals surface area contributed by atoms with Crippen molar-refractivity contribution in [3.63, 3.8) is 0 Å². The SMILES string of the molecule is Cc1ccc(-n2nnc(C(=O)N3CCCC3)c2N)cc1F. The number of anilines is 1.